The van der Waals surface area contributed by atoms with Gasteiger partial charge in [0.15, 0.2) is 17.6 Å². The zero-order valence-electron chi connectivity index (χ0n) is 8.79. The van der Waals surface area contributed by atoms with Gasteiger partial charge in [0.1, 0.15) is 0 Å². The zero-order valence-corrected chi connectivity index (χ0v) is 9.61. The van der Waals surface area contributed by atoms with Crippen LogP contribution in [0.4, 0.5) is 0 Å². The van der Waals surface area contributed by atoms with Crippen LogP contribution in [0.25, 0.3) is 0 Å². The number of fused-ring (bicyclic) bond motifs is 1. The zero-order chi connectivity index (χ0) is 12.2. The quantitative estimate of drug-likeness (QED) is 0.522. The molecule has 3 fully saturated rings. The fraction of sp³-hybridized carbons (Fsp3) is 0.545. The number of hydrogen-bond donors (Lipinski definition) is 0. The van der Waals surface area contributed by atoms with Crippen LogP contribution in [0.3, 0.4) is 0 Å². The highest BCUT2D eigenvalue weighted by Gasteiger charge is 2.73. The number of thioether (sulfide) groups is 1. The average molecular weight is 251 g/mol. The molecule has 0 radical (unpaired) electrons. The molecule has 0 spiro atoms. The van der Waals surface area contributed by atoms with E-state index < -0.39 is 29.6 Å². The second kappa shape index (κ2) is 3.26. The van der Waals surface area contributed by atoms with Crippen LogP contribution in [0.2, 0.25) is 0 Å². The minimum Gasteiger partial charge on any atom is -0.456 e. The molecule has 3 saturated heterocycles. The number of carbonyl (C=O) groups is 2. The molecule has 17 heavy (non-hydrogen) atoms. The Kier molecular flexibility index (Phi) is 2.05. The molecule has 0 aromatic carbocycles. The largest absolute Gasteiger partial charge is 0.456 e. The molecule has 3 heterocycles. The van der Waals surface area contributed by atoms with Crippen molar-refractivity contribution in [2.75, 3.05) is 0 Å². The molecule has 5 atom stereocenters. The summed E-state index contributed by atoms with van der Waals surface area (Å²) in [4.78, 5) is 22.9. The van der Waals surface area contributed by atoms with Gasteiger partial charge in [0.05, 0.1) is 11.3 Å². The van der Waals surface area contributed by atoms with E-state index in [0.29, 0.717) is 6.42 Å². The summed E-state index contributed by atoms with van der Waals surface area (Å²) in [6.07, 6.45) is 0.576. The molecule has 0 amide bonds. The summed E-state index contributed by atoms with van der Waals surface area (Å²) in [5, 5.41) is 8.93. The molecule has 5 nitrogen and oxygen atoms in total. The van der Waals surface area contributed by atoms with Crippen LogP contribution in [0.1, 0.15) is 6.42 Å². The van der Waals surface area contributed by atoms with Gasteiger partial charge in [-0.05, 0) is 6.42 Å². The highest BCUT2D eigenvalue weighted by atomic mass is 32.2. The Hall–Kier alpha value is -1.48. The number of hydrogen-bond acceptors (Lipinski definition) is 6. The lowest BCUT2D eigenvalue weighted by Crippen LogP contribution is -2.44. The van der Waals surface area contributed by atoms with Crippen molar-refractivity contribution in [3.8, 4) is 6.07 Å². The first-order valence-corrected chi connectivity index (χ1v) is 6.17. The molecule has 0 saturated carbocycles. The minimum absolute atomic E-state index is 0.0278. The topological polar surface area (TPSA) is 76.4 Å². The van der Waals surface area contributed by atoms with E-state index in [4.69, 9.17) is 14.7 Å². The van der Waals surface area contributed by atoms with Gasteiger partial charge in [0.25, 0.3) is 0 Å². The van der Waals surface area contributed by atoms with Crippen molar-refractivity contribution in [1.82, 2.24) is 0 Å². The summed E-state index contributed by atoms with van der Waals surface area (Å²) in [5.41, 5.74) is -1.02. The van der Waals surface area contributed by atoms with Crippen LogP contribution < -0.4 is 0 Å². The van der Waals surface area contributed by atoms with Crippen molar-refractivity contribution in [3.05, 3.63) is 12.7 Å². The molecule has 0 aliphatic carbocycles. The molecule has 3 aliphatic rings. The van der Waals surface area contributed by atoms with Crippen molar-refractivity contribution in [2.24, 2.45) is 5.41 Å². The maximum absolute atomic E-state index is 11.7. The molecule has 5 unspecified atom stereocenters. The maximum Gasteiger partial charge on any atom is 0.330 e. The second-order valence-corrected chi connectivity index (χ2v) is 5.74. The van der Waals surface area contributed by atoms with Gasteiger partial charge in [-0.2, -0.15) is 5.26 Å². The van der Waals surface area contributed by atoms with Crippen molar-refractivity contribution in [1.29, 1.82) is 5.26 Å². The average Bonchev–Trinajstić information content (AvgIpc) is 2.90. The molecule has 0 aromatic rings. The number of rotatable bonds is 2. The third-order valence-electron chi connectivity index (χ3n) is 3.54. The van der Waals surface area contributed by atoms with Gasteiger partial charge in [-0.1, -0.05) is 6.58 Å². The normalized spacial score (nSPS) is 45.2. The lowest BCUT2D eigenvalue weighted by atomic mass is 9.75. The van der Waals surface area contributed by atoms with Gasteiger partial charge in [0, 0.05) is 11.3 Å². The lowest BCUT2D eigenvalue weighted by Gasteiger charge is -2.25. The first-order valence-electron chi connectivity index (χ1n) is 5.23. The highest BCUT2D eigenvalue weighted by Crippen LogP contribution is 2.62. The summed E-state index contributed by atoms with van der Waals surface area (Å²) >= 11 is 1.52. The molecule has 6 heteroatoms. The van der Waals surface area contributed by atoms with Crippen molar-refractivity contribution >= 4 is 23.7 Å². The number of ether oxygens (including phenoxy) is 2. The van der Waals surface area contributed by atoms with Gasteiger partial charge in [-0.3, -0.25) is 4.79 Å². The van der Waals surface area contributed by atoms with Crippen molar-refractivity contribution < 1.29 is 19.1 Å². The molecular weight excluding hydrogens is 242 g/mol. The Bertz CT molecular complexity index is 471. The van der Waals surface area contributed by atoms with Gasteiger partial charge in [0.2, 0.25) is 0 Å². The Morgan fingerprint density at radius 3 is 3.18 bits per heavy atom. The molecule has 3 aliphatic heterocycles. The second-order valence-electron chi connectivity index (χ2n) is 4.36. The maximum atomic E-state index is 11.7. The fourth-order valence-corrected chi connectivity index (χ4v) is 4.70. The van der Waals surface area contributed by atoms with Crippen LogP contribution in [0.5, 0.6) is 0 Å². The van der Waals surface area contributed by atoms with Crippen molar-refractivity contribution in [2.45, 2.75) is 29.1 Å². The Morgan fingerprint density at radius 1 is 1.76 bits per heavy atom. The summed E-state index contributed by atoms with van der Waals surface area (Å²) < 4.78 is 10.4. The van der Waals surface area contributed by atoms with E-state index in [2.05, 4.69) is 12.6 Å². The number of esters is 2. The third-order valence-corrected chi connectivity index (χ3v) is 5.29. The number of nitrogens with zero attached hydrogens (tertiary/aromatic N) is 1. The predicted molar refractivity (Wildman–Crippen MR) is 57.8 cm³/mol. The van der Waals surface area contributed by atoms with Gasteiger partial charge in [-0.15, -0.1) is 11.8 Å². The summed E-state index contributed by atoms with van der Waals surface area (Å²) in [7, 11) is 0. The molecule has 0 aromatic heterocycles. The Labute approximate surface area is 102 Å². The summed E-state index contributed by atoms with van der Waals surface area (Å²) in [5.74, 6) is -0.990. The molecule has 0 N–H and O–H groups in total. The predicted octanol–water partition coefficient (Wildman–Crippen LogP) is 0.407. The van der Waals surface area contributed by atoms with E-state index in [-0.39, 0.29) is 10.5 Å². The fourth-order valence-electron chi connectivity index (χ4n) is 2.76. The molecule has 3 rings (SSSR count). The standard InChI is InChI=1S/C11H9NO4S/c1-2-6(13)15-7-5-3-11(4-12)9(17-5)8(7)16-10(11)14/h2,5,7-9H,1,3H2. The van der Waals surface area contributed by atoms with E-state index in [0.717, 1.165) is 6.08 Å². The van der Waals surface area contributed by atoms with E-state index in [1.807, 2.05) is 0 Å². The minimum atomic E-state index is -1.02. The highest BCUT2D eigenvalue weighted by molar-refractivity contribution is 8.01. The van der Waals surface area contributed by atoms with Gasteiger partial charge < -0.3 is 9.47 Å². The van der Waals surface area contributed by atoms with E-state index in [9.17, 15) is 9.59 Å². The van der Waals surface area contributed by atoms with Gasteiger partial charge in [-0.25, -0.2) is 4.79 Å². The lowest BCUT2D eigenvalue weighted by molar-refractivity contribution is -0.155. The number of nitriles is 1. The molecule has 88 valence electrons. The van der Waals surface area contributed by atoms with Crippen LogP contribution in [0.15, 0.2) is 12.7 Å². The molecular formula is C11H9NO4S. The first kappa shape index (κ1) is 10.7. The monoisotopic (exact) mass is 251 g/mol. The first-order chi connectivity index (χ1) is 8.12. The van der Waals surface area contributed by atoms with Crippen LogP contribution >= 0.6 is 11.8 Å². The summed E-state index contributed by atoms with van der Waals surface area (Å²) in [6, 6.07) is 2.08. The number of carbonyl (C=O) groups excluding carboxylic acids is 2. The van der Waals surface area contributed by atoms with E-state index >= 15 is 0 Å². The Morgan fingerprint density at radius 2 is 2.53 bits per heavy atom. The third kappa shape index (κ3) is 1.15. The Balaban J connectivity index is 1.89. The van der Waals surface area contributed by atoms with Crippen molar-refractivity contribution in [3.63, 3.8) is 0 Å². The van der Waals surface area contributed by atoms with Crippen LogP contribution in [0, 0.1) is 16.7 Å². The smallest absolute Gasteiger partial charge is 0.330 e. The van der Waals surface area contributed by atoms with E-state index in [1.165, 1.54) is 11.8 Å². The van der Waals surface area contributed by atoms with Crippen LogP contribution in [-0.4, -0.2) is 34.6 Å². The SMILES string of the molecule is C=CC(=O)OC1C2CC3(C#N)C(=O)OC1C3S2. The summed E-state index contributed by atoms with van der Waals surface area (Å²) in [6.45, 7) is 3.33. The van der Waals surface area contributed by atoms with Gasteiger partial charge >= 0.3 is 11.9 Å². The molecule has 2 bridgehead atoms. The van der Waals surface area contributed by atoms with E-state index in [1.54, 1.807) is 0 Å². The van der Waals surface area contributed by atoms with Crippen LogP contribution in [-0.2, 0) is 19.1 Å².